The van der Waals surface area contributed by atoms with Gasteiger partial charge in [0.2, 0.25) is 0 Å². The van der Waals surface area contributed by atoms with E-state index in [9.17, 15) is 4.39 Å². The number of halogens is 1. The summed E-state index contributed by atoms with van der Waals surface area (Å²) < 4.78 is 13.1. The number of hydrogen-bond donors (Lipinski definition) is 0. The fourth-order valence-corrected chi connectivity index (χ4v) is 1.11. The van der Waals surface area contributed by atoms with E-state index in [1.807, 2.05) is 19.0 Å². The zero-order chi connectivity index (χ0) is 9.84. The van der Waals surface area contributed by atoms with Crippen LogP contribution in [0.15, 0.2) is 18.2 Å². The van der Waals surface area contributed by atoms with Gasteiger partial charge in [-0.1, -0.05) is 6.07 Å². The van der Waals surface area contributed by atoms with Crippen molar-refractivity contribution in [1.29, 1.82) is 5.26 Å². The van der Waals surface area contributed by atoms with Crippen LogP contribution in [-0.2, 0) is 6.54 Å². The van der Waals surface area contributed by atoms with Crippen LogP contribution in [0.1, 0.15) is 11.1 Å². The summed E-state index contributed by atoms with van der Waals surface area (Å²) in [6.07, 6.45) is 0. The smallest absolute Gasteiger partial charge is 0.141 e. The van der Waals surface area contributed by atoms with Crippen LogP contribution in [0.25, 0.3) is 0 Å². The van der Waals surface area contributed by atoms with E-state index < -0.39 is 5.82 Å². The molecule has 0 aromatic heterocycles. The molecule has 0 saturated carbocycles. The molecule has 3 heteroatoms. The minimum absolute atomic E-state index is 0.0995. The predicted octanol–water partition coefficient (Wildman–Crippen LogP) is 1.76. The van der Waals surface area contributed by atoms with Crippen molar-refractivity contribution in [3.05, 3.63) is 35.1 Å². The van der Waals surface area contributed by atoms with Gasteiger partial charge in [-0.3, -0.25) is 0 Å². The molecule has 13 heavy (non-hydrogen) atoms. The van der Waals surface area contributed by atoms with Gasteiger partial charge in [0.1, 0.15) is 11.9 Å². The summed E-state index contributed by atoms with van der Waals surface area (Å²) in [5.41, 5.74) is 0.976. The Morgan fingerprint density at radius 1 is 1.46 bits per heavy atom. The lowest BCUT2D eigenvalue weighted by molar-refractivity contribution is 0.401. The van der Waals surface area contributed by atoms with Gasteiger partial charge in [-0.15, -0.1) is 0 Å². The molecular formula is C10H11FN2. The van der Waals surface area contributed by atoms with Crippen LogP contribution in [0.3, 0.4) is 0 Å². The summed E-state index contributed by atoms with van der Waals surface area (Å²) in [7, 11) is 3.83. The Labute approximate surface area is 77.2 Å². The monoisotopic (exact) mass is 178 g/mol. The minimum Gasteiger partial charge on any atom is -0.305 e. The van der Waals surface area contributed by atoms with Gasteiger partial charge in [-0.2, -0.15) is 5.26 Å². The van der Waals surface area contributed by atoms with Crippen molar-refractivity contribution >= 4 is 0 Å². The fraction of sp³-hybridized carbons (Fsp3) is 0.300. The summed E-state index contributed by atoms with van der Waals surface area (Å²) in [4.78, 5) is 1.95. The third kappa shape index (κ3) is 2.53. The van der Waals surface area contributed by atoms with Crippen LogP contribution in [0.5, 0.6) is 0 Å². The average Bonchev–Trinajstić information content (AvgIpc) is 2.03. The van der Waals surface area contributed by atoms with Gasteiger partial charge in [0.05, 0.1) is 5.56 Å². The van der Waals surface area contributed by atoms with Gasteiger partial charge in [-0.25, -0.2) is 4.39 Å². The maximum absolute atomic E-state index is 13.1. The van der Waals surface area contributed by atoms with Crippen molar-refractivity contribution in [2.24, 2.45) is 0 Å². The second kappa shape index (κ2) is 4.01. The van der Waals surface area contributed by atoms with Crippen molar-refractivity contribution in [1.82, 2.24) is 4.90 Å². The first-order chi connectivity index (χ1) is 6.13. The number of nitriles is 1. The number of benzene rings is 1. The molecule has 0 aliphatic rings. The number of nitrogens with zero attached hydrogens (tertiary/aromatic N) is 2. The molecule has 0 bridgehead atoms. The Balaban J connectivity index is 2.91. The van der Waals surface area contributed by atoms with Crippen LogP contribution in [0.4, 0.5) is 4.39 Å². The molecule has 0 unspecified atom stereocenters. The maximum Gasteiger partial charge on any atom is 0.141 e. The average molecular weight is 178 g/mol. The molecule has 0 heterocycles. The van der Waals surface area contributed by atoms with Crippen LogP contribution in [-0.4, -0.2) is 19.0 Å². The molecule has 1 rings (SSSR count). The highest BCUT2D eigenvalue weighted by Gasteiger charge is 2.02. The third-order valence-electron chi connectivity index (χ3n) is 1.65. The van der Waals surface area contributed by atoms with Crippen molar-refractivity contribution < 1.29 is 4.39 Å². The van der Waals surface area contributed by atoms with E-state index >= 15 is 0 Å². The summed E-state index contributed by atoms with van der Waals surface area (Å²) in [5, 5.41) is 8.49. The Kier molecular flexibility index (Phi) is 2.99. The van der Waals surface area contributed by atoms with E-state index in [0.717, 1.165) is 5.56 Å². The molecule has 2 nitrogen and oxygen atoms in total. The van der Waals surface area contributed by atoms with E-state index in [-0.39, 0.29) is 5.56 Å². The molecule has 1 aromatic carbocycles. The molecule has 1 aromatic rings. The zero-order valence-electron chi connectivity index (χ0n) is 7.71. The van der Waals surface area contributed by atoms with Gasteiger partial charge in [-0.05, 0) is 31.8 Å². The lowest BCUT2D eigenvalue weighted by Crippen LogP contribution is -2.10. The highest BCUT2D eigenvalue weighted by atomic mass is 19.1. The van der Waals surface area contributed by atoms with E-state index in [2.05, 4.69) is 0 Å². The summed E-state index contributed by atoms with van der Waals surface area (Å²) in [6.45, 7) is 0.683. The Bertz CT molecular complexity index is 339. The number of rotatable bonds is 2. The van der Waals surface area contributed by atoms with E-state index in [1.165, 1.54) is 12.1 Å². The van der Waals surface area contributed by atoms with Crippen molar-refractivity contribution in [3.8, 4) is 6.07 Å². The summed E-state index contributed by atoms with van der Waals surface area (Å²) in [6, 6.07) is 6.46. The van der Waals surface area contributed by atoms with Crippen molar-refractivity contribution in [3.63, 3.8) is 0 Å². The number of hydrogen-bond acceptors (Lipinski definition) is 2. The molecule has 0 spiro atoms. The van der Waals surface area contributed by atoms with E-state index in [0.29, 0.717) is 6.54 Å². The van der Waals surface area contributed by atoms with Crippen LogP contribution in [0, 0.1) is 17.1 Å². The summed E-state index contributed by atoms with van der Waals surface area (Å²) >= 11 is 0. The van der Waals surface area contributed by atoms with Crippen molar-refractivity contribution in [2.45, 2.75) is 6.54 Å². The second-order valence-electron chi connectivity index (χ2n) is 3.16. The van der Waals surface area contributed by atoms with E-state index in [4.69, 9.17) is 5.26 Å². The molecule has 0 amide bonds. The van der Waals surface area contributed by atoms with Crippen molar-refractivity contribution in [2.75, 3.05) is 14.1 Å². The van der Waals surface area contributed by atoms with Gasteiger partial charge in [0.15, 0.2) is 0 Å². The van der Waals surface area contributed by atoms with Crippen LogP contribution >= 0.6 is 0 Å². The predicted molar refractivity (Wildman–Crippen MR) is 48.5 cm³/mol. The first-order valence-electron chi connectivity index (χ1n) is 3.96. The Morgan fingerprint density at radius 3 is 2.62 bits per heavy atom. The normalized spacial score (nSPS) is 10.1. The van der Waals surface area contributed by atoms with Crippen LogP contribution < -0.4 is 0 Å². The van der Waals surface area contributed by atoms with Gasteiger partial charge in [0, 0.05) is 6.54 Å². The Morgan fingerprint density at radius 2 is 2.15 bits per heavy atom. The van der Waals surface area contributed by atoms with E-state index in [1.54, 1.807) is 12.1 Å². The molecule has 0 fully saturated rings. The molecule has 0 aliphatic carbocycles. The zero-order valence-corrected chi connectivity index (χ0v) is 7.71. The minimum atomic E-state index is -0.443. The standard InChI is InChI=1S/C10H11FN2/c1-13(2)7-8-3-4-9(6-12)10(11)5-8/h3-5H,7H2,1-2H3. The fourth-order valence-electron chi connectivity index (χ4n) is 1.11. The highest BCUT2D eigenvalue weighted by Crippen LogP contribution is 2.10. The largest absolute Gasteiger partial charge is 0.305 e. The molecular weight excluding hydrogens is 167 g/mol. The quantitative estimate of drug-likeness (QED) is 0.690. The lowest BCUT2D eigenvalue weighted by atomic mass is 10.1. The molecule has 0 saturated heterocycles. The second-order valence-corrected chi connectivity index (χ2v) is 3.16. The topological polar surface area (TPSA) is 27.0 Å². The molecule has 0 atom stereocenters. The van der Waals surface area contributed by atoms with Gasteiger partial charge in [0.25, 0.3) is 0 Å². The Hall–Kier alpha value is -1.40. The maximum atomic E-state index is 13.1. The highest BCUT2D eigenvalue weighted by molar-refractivity contribution is 5.33. The molecule has 0 N–H and O–H groups in total. The van der Waals surface area contributed by atoms with Crippen LogP contribution in [0.2, 0.25) is 0 Å². The SMILES string of the molecule is CN(C)Cc1ccc(C#N)c(F)c1. The first-order valence-corrected chi connectivity index (χ1v) is 3.96. The molecule has 0 aliphatic heterocycles. The third-order valence-corrected chi connectivity index (χ3v) is 1.65. The molecule has 0 radical (unpaired) electrons. The van der Waals surface area contributed by atoms with Gasteiger partial charge >= 0.3 is 0 Å². The summed E-state index contributed by atoms with van der Waals surface area (Å²) in [5.74, 6) is -0.443. The molecule has 68 valence electrons. The lowest BCUT2D eigenvalue weighted by Gasteiger charge is -2.09. The van der Waals surface area contributed by atoms with Gasteiger partial charge < -0.3 is 4.90 Å². The first kappa shape index (κ1) is 9.69.